The number of aromatic nitrogens is 2. The Bertz CT molecular complexity index is 1790. The van der Waals surface area contributed by atoms with Gasteiger partial charge in [-0.05, 0) is 60.2 Å². The Morgan fingerprint density at radius 2 is 1.61 bits per heavy atom. The zero-order valence-corrected chi connectivity index (χ0v) is 19.5. The predicted molar refractivity (Wildman–Crippen MR) is 142 cm³/mol. The average Bonchev–Trinajstić information content (AvgIpc) is 3.34. The summed E-state index contributed by atoms with van der Waals surface area (Å²) in [6.45, 7) is 0. The van der Waals surface area contributed by atoms with E-state index >= 15 is 0 Å². The molecule has 6 aromatic rings. The molecule has 0 atom stereocenters. The second-order valence-electron chi connectivity index (χ2n) is 8.31. The summed E-state index contributed by atoms with van der Waals surface area (Å²) >= 11 is 6.37. The van der Waals surface area contributed by atoms with Crippen molar-refractivity contribution >= 4 is 45.2 Å². The van der Waals surface area contributed by atoms with Gasteiger partial charge in [0.25, 0.3) is 5.91 Å². The van der Waals surface area contributed by atoms with E-state index < -0.39 is 5.63 Å². The number of carbonyl (C=O) groups is 1. The first-order valence-electron chi connectivity index (χ1n) is 11.2. The van der Waals surface area contributed by atoms with Crippen molar-refractivity contribution in [1.82, 2.24) is 9.97 Å². The molecular formula is C29H18ClN3O3. The highest BCUT2D eigenvalue weighted by molar-refractivity contribution is 6.34. The lowest BCUT2D eigenvalue weighted by atomic mass is 10.0. The van der Waals surface area contributed by atoms with Crippen LogP contribution in [-0.2, 0) is 0 Å². The number of rotatable bonds is 4. The number of hydrogen-bond donors (Lipinski definition) is 2. The molecule has 0 saturated heterocycles. The number of fused-ring (bicyclic) bond motifs is 2. The van der Waals surface area contributed by atoms with Crippen molar-refractivity contribution < 1.29 is 9.21 Å². The van der Waals surface area contributed by atoms with Crippen LogP contribution < -0.4 is 10.9 Å². The van der Waals surface area contributed by atoms with Crippen LogP contribution >= 0.6 is 11.6 Å². The zero-order valence-electron chi connectivity index (χ0n) is 18.8. The van der Waals surface area contributed by atoms with E-state index in [9.17, 15) is 9.59 Å². The number of amides is 1. The van der Waals surface area contributed by atoms with Crippen molar-refractivity contribution in [1.29, 1.82) is 0 Å². The van der Waals surface area contributed by atoms with E-state index in [1.54, 1.807) is 48.5 Å². The van der Waals surface area contributed by atoms with Crippen LogP contribution in [0, 0.1) is 0 Å². The predicted octanol–water partition coefficient (Wildman–Crippen LogP) is 6.91. The summed E-state index contributed by atoms with van der Waals surface area (Å²) in [5, 5.41) is 4.11. The van der Waals surface area contributed by atoms with Gasteiger partial charge in [0.15, 0.2) is 0 Å². The molecule has 6 nitrogen and oxygen atoms in total. The number of imidazole rings is 1. The lowest BCUT2D eigenvalue weighted by Crippen LogP contribution is -2.12. The fraction of sp³-hybridized carbons (Fsp3) is 0. The second kappa shape index (κ2) is 8.83. The van der Waals surface area contributed by atoms with Crippen LogP contribution in [-0.4, -0.2) is 15.9 Å². The standard InChI is InChI=1S/C29H18ClN3O3/c30-22-14-13-20(27-31-23-6-2-3-7-24(23)32-27)16-25(22)33-28(34)18-11-9-17(10-12-18)21-15-19-5-1-4-8-26(19)36-29(21)35/h1-16H,(H,31,32)(H,33,34). The monoisotopic (exact) mass is 491 g/mol. The van der Waals surface area contributed by atoms with Crippen molar-refractivity contribution in [2.24, 2.45) is 0 Å². The number of halogens is 1. The van der Waals surface area contributed by atoms with Crippen LogP contribution in [0.1, 0.15) is 10.4 Å². The van der Waals surface area contributed by atoms with Crippen LogP contribution in [0.4, 0.5) is 5.69 Å². The van der Waals surface area contributed by atoms with Crippen molar-refractivity contribution in [3.05, 3.63) is 118 Å². The van der Waals surface area contributed by atoms with E-state index in [2.05, 4.69) is 15.3 Å². The number of H-pyrrole nitrogens is 1. The first-order chi connectivity index (χ1) is 17.5. The van der Waals surface area contributed by atoms with Crippen molar-refractivity contribution in [2.45, 2.75) is 0 Å². The summed E-state index contributed by atoms with van der Waals surface area (Å²) in [6, 6.07) is 29.0. The number of nitrogens with zero attached hydrogens (tertiary/aromatic N) is 1. The fourth-order valence-electron chi connectivity index (χ4n) is 4.12. The van der Waals surface area contributed by atoms with E-state index in [1.165, 1.54) is 0 Å². The Kier molecular flexibility index (Phi) is 5.36. The minimum atomic E-state index is -0.430. The van der Waals surface area contributed by atoms with Gasteiger partial charge in [0.2, 0.25) is 0 Å². The first-order valence-corrected chi connectivity index (χ1v) is 11.6. The summed E-state index contributed by atoms with van der Waals surface area (Å²) in [4.78, 5) is 33.3. The highest BCUT2D eigenvalue weighted by Crippen LogP contribution is 2.29. The van der Waals surface area contributed by atoms with Gasteiger partial charge in [0, 0.05) is 16.5 Å². The maximum absolute atomic E-state index is 13.0. The Morgan fingerprint density at radius 1 is 0.861 bits per heavy atom. The van der Waals surface area contributed by atoms with Gasteiger partial charge in [0.05, 0.1) is 27.3 Å². The van der Waals surface area contributed by atoms with Crippen LogP contribution in [0.2, 0.25) is 5.02 Å². The van der Waals surface area contributed by atoms with Gasteiger partial charge in [-0.15, -0.1) is 0 Å². The Labute approximate surface area is 210 Å². The maximum Gasteiger partial charge on any atom is 0.344 e. The van der Waals surface area contributed by atoms with Crippen molar-refractivity contribution in [3.63, 3.8) is 0 Å². The molecule has 0 fully saturated rings. The summed E-state index contributed by atoms with van der Waals surface area (Å²) in [5.74, 6) is 0.359. The summed E-state index contributed by atoms with van der Waals surface area (Å²) in [6.07, 6.45) is 0. The third-order valence-electron chi connectivity index (χ3n) is 5.98. The van der Waals surface area contributed by atoms with E-state index in [-0.39, 0.29) is 5.91 Å². The minimum absolute atomic E-state index is 0.323. The summed E-state index contributed by atoms with van der Waals surface area (Å²) < 4.78 is 5.43. The van der Waals surface area contributed by atoms with Gasteiger partial charge in [-0.3, -0.25) is 4.79 Å². The molecule has 0 saturated carbocycles. The molecule has 2 aromatic heterocycles. The lowest BCUT2D eigenvalue weighted by Gasteiger charge is -2.10. The van der Waals surface area contributed by atoms with E-state index in [0.29, 0.717) is 38.8 Å². The number of anilines is 1. The van der Waals surface area contributed by atoms with Crippen LogP contribution in [0.5, 0.6) is 0 Å². The zero-order chi connectivity index (χ0) is 24.6. The normalized spacial score (nSPS) is 11.1. The Hall–Kier alpha value is -4.68. The SMILES string of the molecule is O=C(Nc1cc(-c2nc3ccccc3[nH]2)ccc1Cl)c1ccc(-c2cc3ccccc3oc2=O)cc1. The highest BCUT2D eigenvalue weighted by atomic mass is 35.5. The van der Waals surface area contributed by atoms with Gasteiger partial charge in [-0.2, -0.15) is 0 Å². The highest BCUT2D eigenvalue weighted by Gasteiger charge is 2.13. The summed E-state index contributed by atoms with van der Waals surface area (Å²) in [5.41, 5.74) is 4.67. The molecule has 4 aromatic carbocycles. The molecule has 0 unspecified atom stereocenters. The third-order valence-corrected chi connectivity index (χ3v) is 6.31. The van der Waals surface area contributed by atoms with E-state index in [1.807, 2.05) is 48.5 Å². The number of benzene rings is 4. The molecule has 2 heterocycles. The van der Waals surface area contributed by atoms with Gasteiger partial charge in [0.1, 0.15) is 11.4 Å². The topological polar surface area (TPSA) is 88.0 Å². The molecule has 0 bridgehead atoms. The van der Waals surface area contributed by atoms with Gasteiger partial charge in [-0.25, -0.2) is 9.78 Å². The van der Waals surface area contributed by atoms with Crippen molar-refractivity contribution in [2.75, 3.05) is 5.32 Å². The van der Waals surface area contributed by atoms with Crippen molar-refractivity contribution in [3.8, 4) is 22.5 Å². The van der Waals surface area contributed by atoms with Gasteiger partial charge in [-0.1, -0.05) is 54.1 Å². The molecule has 1 amide bonds. The van der Waals surface area contributed by atoms with E-state index in [4.69, 9.17) is 16.0 Å². The quantitative estimate of drug-likeness (QED) is 0.262. The first kappa shape index (κ1) is 21.8. The Balaban J connectivity index is 1.26. The molecule has 174 valence electrons. The van der Waals surface area contributed by atoms with Gasteiger partial charge >= 0.3 is 5.63 Å². The molecule has 0 aliphatic rings. The fourth-order valence-corrected chi connectivity index (χ4v) is 4.28. The molecule has 0 spiro atoms. The maximum atomic E-state index is 13.0. The minimum Gasteiger partial charge on any atom is -0.422 e. The average molecular weight is 492 g/mol. The largest absolute Gasteiger partial charge is 0.422 e. The van der Waals surface area contributed by atoms with Crippen LogP contribution in [0.15, 0.2) is 106 Å². The number of hydrogen-bond acceptors (Lipinski definition) is 4. The molecule has 0 aliphatic carbocycles. The molecule has 6 rings (SSSR count). The van der Waals surface area contributed by atoms with Crippen LogP contribution in [0.3, 0.4) is 0 Å². The molecular weight excluding hydrogens is 474 g/mol. The van der Waals surface area contributed by atoms with E-state index in [0.717, 1.165) is 22.0 Å². The number of aromatic amines is 1. The molecule has 36 heavy (non-hydrogen) atoms. The lowest BCUT2D eigenvalue weighted by molar-refractivity contribution is 0.102. The third kappa shape index (κ3) is 4.04. The molecule has 2 N–H and O–H groups in total. The molecule has 0 radical (unpaired) electrons. The van der Waals surface area contributed by atoms with Crippen LogP contribution in [0.25, 0.3) is 44.5 Å². The molecule has 0 aliphatic heterocycles. The second-order valence-corrected chi connectivity index (χ2v) is 8.72. The summed E-state index contributed by atoms with van der Waals surface area (Å²) in [7, 11) is 0. The number of carbonyl (C=O) groups excluding carboxylic acids is 1. The Morgan fingerprint density at radius 3 is 2.44 bits per heavy atom. The number of para-hydroxylation sites is 3. The molecule has 7 heteroatoms. The van der Waals surface area contributed by atoms with Gasteiger partial charge < -0.3 is 14.7 Å². The smallest absolute Gasteiger partial charge is 0.344 e. The number of nitrogens with one attached hydrogen (secondary N) is 2.